The molecule has 0 fully saturated rings. The molecular formula is C33H43N3O5. The van der Waals surface area contributed by atoms with Crippen LogP contribution < -0.4 is 15.4 Å². The highest BCUT2D eigenvalue weighted by atomic mass is 16.6. The molecule has 0 saturated carbocycles. The van der Waals surface area contributed by atoms with E-state index in [1.54, 1.807) is 20.8 Å². The summed E-state index contributed by atoms with van der Waals surface area (Å²) in [6, 6.07) is 15.1. The number of amides is 1. The van der Waals surface area contributed by atoms with Crippen molar-refractivity contribution in [3.8, 4) is 5.75 Å². The van der Waals surface area contributed by atoms with Crippen LogP contribution in [0, 0.1) is 0 Å². The van der Waals surface area contributed by atoms with E-state index in [1.807, 2.05) is 24.3 Å². The van der Waals surface area contributed by atoms with Crippen molar-refractivity contribution in [3.05, 3.63) is 65.4 Å². The van der Waals surface area contributed by atoms with Crippen LogP contribution >= 0.6 is 0 Å². The van der Waals surface area contributed by atoms with Crippen LogP contribution in [0.1, 0.15) is 69.7 Å². The van der Waals surface area contributed by atoms with Gasteiger partial charge in [0.05, 0.1) is 19.2 Å². The van der Waals surface area contributed by atoms with Gasteiger partial charge in [0, 0.05) is 29.7 Å². The molecule has 3 aromatic rings. The molecular weight excluding hydrogens is 518 g/mol. The van der Waals surface area contributed by atoms with Crippen molar-refractivity contribution in [2.75, 3.05) is 25.6 Å². The fraction of sp³-hybridized carbons (Fsp3) is 0.485. The Hall–Kier alpha value is -3.81. The number of ether oxygens (including phenoxy) is 3. The second-order valence-electron chi connectivity index (χ2n) is 11.5. The summed E-state index contributed by atoms with van der Waals surface area (Å²) >= 11 is 0. The van der Waals surface area contributed by atoms with Gasteiger partial charge in [0.15, 0.2) is 0 Å². The number of methoxy groups -OCH3 is 1. The van der Waals surface area contributed by atoms with Gasteiger partial charge in [-0.05, 0) is 95.0 Å². The van der Waals surface area contributed by atoms with E-state index in [1.165, 1.54) is 42.3 Å². The largest absolute Gasteiger partial charge is 0.494 e. The smallest absolute Gasteiger partial charge is 0.408 e. The minimum absolute atomic E-state index is 0.287. The number of carbonyl (C=O) groups excluding carboxylic acids is 2. The molecule has 0 unspecified atom stereocenters. The number of alkyl carbamates (subject to hydrolysis) is 1. The fourth-order valence-corrected chi connectivity index (χ4v) is 5.12. The molecule has 1 amide bonds. The Bertz CT molecular complexity index is 1320. The molecule has 2 N–H and O–H groups in total. The van der Waals surface area contributed by atoms with Gasteiger partial charge >= 0.3 is 12.1 Å². The van der Waals surface area contributed by atoms with Crippen LogP contribution in [0.15, 0.2) is 48.5 Å². The lowest BCUT2D eigenvalue weighted by atomic mass is 9.92. The van der Waals surface area contributed by atoms with Crippen LogP contribution in [0.3, 0.4) is 0 Å². The van der Waals surface area contributed by atoms with Gasteiger partial charge in [0.2, 0.25) is 0 Å². The molecule has 0 radical (unpaired) electrons. The second-order valence-corrected chi connectivity index (χ2v) is 11.5. The number of aryl methyl sites for hydroxylation is 1. The Kier molecular flexibility index (Phi) is 10.4. The summed E-state index contributed by atoms with van der Waals surface area (Å²) in [6.45, 7) is 6.87. The Morgan fingerprint density at radius 2 is 1.73 bits per heavy atom. The zero-order valence-corrected chi connectivity index (χ0v) is 24.8. The monoisotopic (exact) mass is 561 g/mol. The number of carbonyl (C=O) groups is 2. The first-order valence-corrected chi connectivity index (χ1v) is 14.7. The van der Waals surface area contributed by atoms with Crippen molar-refractivity contribution in [1.82, 2.24) is 10.3 Å². The van der Waals surface area contributed by atoms with Crippen LogP contribution in [-0.2, 0) is 33.5 Å². The third-order valence-electron chi connectivity index (χ3n) is 7.10. The number of nitrogens with zero attached hydrogens (tertiary/aromatic N) is 1. The molecule has 220 valence electrons. The standard InChI is InChI=1S/C33H43N3O5/c1-33(2,3)41-32(38)36-29(31(37)39-4)22-23-16-18-24(19-17-23)40-21-11-5-10-20-34-30-25-12-6-8-14-27(25)35-28-15-9-7-13-26(28)30/h6,8,12,14,16-19,29H,5,7,9-11,13,15,20-22H2,1-4H3,(H,34,35)(H,36,38)/t29-/m0/s1. The Balaban J connectivity index is 1.20. The van der Waals surface area contributed by atoms with Crippen molar-refractivity contribution < 1.29 is 23.8 Å². The van der Waals surface area contributed by atoms with E-state index in [0.29, 0.717) is 6.61 Å². The molecule has 0 spiro atoms. The number of benzene rings is 2. The predicted octanol–water partition coefficient (Wildman–Crippen LogP) is 6.38. The average Bonchev–Trinajstić information content (AvgIpc) is 2.95. The Labute approximate surface area is 243 Å². The van der Waals surface area contributed by atoms with Crippen LogP contribution in [0.4, 0.5) is 10.5 Å². The van der Waals surface area contributed by atoms with Crippen LogP contribution in [0.2, 0.25) is 0 Å². The van der Waals surface area contributed by atoms with Crippen molar-refractivity contribution >= 4 is 28.7 Å². The summed E-state index contributed by atoms with van der Waals surface area (Å²) < 4.78 is 16.1. The number of esters is 1. The minimum atomic E-state index is -0.842. The quantitative estimate of drug-likeness (QED) is 0.195. The van der Waals surface area contributed by atoms with E-state index >= 15 is 0 Å². The van der Waals surface area contributed by atoms with Gasteiger partial charge in [-0.2, -0.15) is 0 Å². The molecule has 1 aliphatic carbocycles. The summed E-state index contributed by atoms with van der Waals surface area (Å²) in [5, 5.41) is 7.56. The summed E-state index contributed by atoms with van der Waals surface area (Å²) in [5.41, 5.74) is 5.24. The molecule has 1 atom stereocenters. The first kappa shape index (κ1) is 30.2. The van der Waals surface area contributed by atoms with Gasteiger partial charge in [-0.1, -0.05) is 30.3 Å². The van der Waals surface area contributed by atoms with E-state index in [0.717, 1.165) is 55.5 Å². The lowest BCUT2D eigenvalue weighted by Crippen LogP contribution is -2.45. The maximum absolute atomic E-state index is 12.2. The van der Waals surface area contributed by atoms with Gasteiger partial charge in [0.25, 0.3) is 0 Å². The normalized spacial score (nSPS) is 13.7. The van der Waals surface area contributed by atoms with Crippen molar-refractivity contribution in [1.29, 1.82) is 0 Å². The van der Waals surface area contributed by atoms with E-state index < -0.39 is 23.7 Å². The lowest BCUT2D eigenvalue weighted by Gasteiger charge is -2.22. The number of fused-ring (bicyclic) bond motifs is 2. The average molecular weight is 562 g/mol. The number of rotatable bonds is 12. The number of aromatic nitrogens is 1. The molecule has 41 heavy (non-hydrogen) atoms. The van der Waals surface area contributed by atoms with E-state index in [2.05, 4.69) is 34.9 Å². The number of anilines is 1. The van der Waals surface area contributed by atoms with E-state index in [-0.39, 0.29) is 6.42 Å². The van der Waals surface area contributed by atoms with E-state index in [9.17, 15) is 9.59 Å². The molecule has 2 aromatic carbocycles. The summed E-state index contributed by atoms with van der Waals surface area (Å²) in [7, 11) is 1.30. The fourth-order valence-electron chi connectivity index (χ4n) is 5.12. The highest BCUT2D eigenvalue weighted by Crippen LogP contribution is 2.33. The molecule has 1 aliphatic rings. The molecule has 8 nitrogen and oxygen atoms in total. The second kappa shape index (κ2) is 14.2. The molecule has 0 bridgehead atoms. The van der Waals surface area contributed by atoms with Gasteiger partial charge in [-0.15, -0.1) is 0 Å². The Morgan fingerprint density at radius 3 is 2.49 bits per heavy atom. The number of para-hydroxylation sites is 1. The highest BCUT2D eigenvalue weighted by molar-refractivity contribution is 5.93. The molecule has 1 heterocycles. The number of unbranched alkanes of at least 4 members (excludes halogenated alkanes) is 2. The number of nitrogens with one attached hydrogen (secondary N) is 2. The SMILES string of the molecule is COC(=O)[C@H](Cc1ccc(OCCCCCNc2c3c(nc4ccccc24)CCCC3)cc1)NC(=O)OC(C)(C)C. The Morgan fingerprint density at radius 1 is 0.976 bits per heavy atom. The topological polar surface area (TPSA) is 98.8 Å². The van der Waals surface area contributed by atoms with Crippen LogP contribution in [0.5, 0.6) is 5.75 Å². The summed E-state index contributed by atoms with van der Waals surface area (Å²) in [6.07, 6.45) is 7.35. The van der Waals surface area contributed by atoms with Crippen molar-refractivity contribution in [3.63, 3.8) is 0 Å². The summed E-state index contributed by atoms with van der Waals surface area (Å²) in [5.74, 6) is 0.249. The zero-order valence-electron chi connectivity index (χ0n) is 24.8. The van der Waals surface area contributed by atoms with Crippen LogP contribution in [0.25, 0.3) is 10.9 Å². The zero-order chi connectivity index (χ0) is 29.2. The molecule has 8 heteroatoms. The number of hydrogen-bond acceptors (Lipinski definition) is 7. The summed E-state index contributed by atoms with van der Waals surface area (Å²) in [4.78, 5) is 29.3. The van der Waals surface area contributed by atoms with Crippen molar-refractivity contribution in [2.24, 2.45) is 0 Å². The molecule has 1 aromatic heterocycles. The third kappa shape index (κ3) is 8.84. The first-order valence-electron chi connectivity index (χ1n) is 14.7. The van der Waals surface area contributed by atoms with Gasteiger partial charge < -0.3 is 24.8 Å². The third-order valence-corrected chi connectivity index (χ3v) is 7.10. The first-order chi connectivity index (χ1) is 19.7. The van der Waals surface area contributed by atoms with Crippen molar-refractivity contribution in [2.45, 2.75) is 83.8 Å². The van der Waals surface area contributed by atoms with Crippen LogP contribution in [-0.4, -0.2) is 49.0 Å². The maximum atomic E-state index is 12.2. The molecule has 0 aliphatic heterocycles. The lowest BCUT2D eigenvalue weighted by molar-refractivity contribution is -0.143. The number of hydrogen-bond donors (Lipinski definition) is 2. The number of pyridine rings is 1. The van der Waals surface area contributed by atoms with E-state index in [4.69, 9.17) is 19.2 Å². The van der Waals surface area contributed by atoms with Gasteiger partial charge in [-0.3, -0.25) is 4.98 Å². The minimum Gasteiger partial charge on any atom is -0.494 e. The predicted molar refractivity (Wildman–Crippen MR) is 162 cm³/mol. The van der Waals surface area contributed by atoms with Gasteiger partial charge in [-0.25, -0.2) is 9.59 Å². The highest BCUT2D eigenvalue weighted by Gasteiger charge is 2.25. The molecule has 0 saturated heterocycles. The molecule has 4 rings (SSSR count). The maximum Gasteiger partial charge on any atom is 0.408 e. The van der Waals surface area contributed by atoms with Gasteiger partial charge in [0.1, 0.15) is 17.4 Å².